The summed E-state index contributed by atoms with van der Waals surface area (Å²) in [6, 6.07) is 1.21. The minimum absolute atomic E-state index is 0.304. The Kier molecular flexibility index (Phi) is 4.09. The lowest BCUT2D eigenvalue weighted by atomic mass is 9.95. The first-order valence-corrected chi connectivity index (χ1v) is 9.10. The van der Waals surface area contributed by atoms with Crippen molar-refractivity contribution < 1.29 is 17.2 Å². The number of pyridine rings is 1. The molecule has 0 aliphatic heterocycles. The maximum Gasteiger partial charge on any atom is 0.280 e. The van der Waals surface area contributed by atoms with Crippen LogP contribution in [0.5, 0.6) is 0 Å². The smallest absolute Gasteiger partial charge is 0.245 e. The number of rotatable bonds is 3. The molecule has 0 bridgehead atoms. The van der Waals surface area contributed by atoms with E-state index in [0.717, 1.165) is 31.1 Å². The van der Waals surface area contributed by atoms with Gasteiger partial charge in [0.15, 0.2) is 0 Å². The van der Waals surface area contributed by atoms with Crippen LogP contribution in [0.4, 0.5) is 8.78 Å². The first-order chi connectivity index (χ1) is 10.9. The van der Waals surface area contributed by atoms with Crippen molar-refractivity contribution in [3.63, 3.8) is 0 Å². The molecular formula is C15H15F2N3O2S. The van der Waals surface area contributed by atoms with E-state index in [4.69, 9.17) is 0 Å². The molecule has 23 heavy (non-hydrogen) atoms. The maximum atomic E-state index is 13.1. The number of nitrogens with zero attached hydrogens (tertiary/aromatic N) is 3. The Morgan fingerprint density at radius 1 is 1.22 bits per heavy atom. The Morgan fingerprint density at radius 2 is 2.00 bits per heavy atom. The first kappa shape index (κ1) is 15.9. The van der Waals surface area contributed by atoms with E-state index < -0.39 is 16.3 Å². The van der Waals surface area contributed by atoms with Crippen LogP contribution in [0.2, 0.25) is 0 Å². The van der Waals surface area contributed by atoms with Gasteiger partial charge in [-0.3, -0.25) is 0 Å². The van der Waals surface area contributed by atoms with Gasteiger partial charge < -0.3 is 0 Å². The molecule has 2 heterocycles. The summed E-state index contributed by atoms with van der Waals surface area (Å²) in [6.45, 7) is 0. The van der Waals surface area contributed by atoms with Gasteiger partial charge >= 0.3 is 0 Å². The SMILES string of the molecule is CS(=O)(=O)c1ncc2cc(C(F)F)nc(C3=CCCCC3)c2n1. The number of fused-ring (bicyclic) bond motifs is 1. The van der Waals surface area contributed by atoms with Crippen molar-refractivity contribution >= 4 is 26.3 Å². The van der Waals surface area contributed by atoms with Gasteiger partial charge in [-0.05, 0) is 37.3 Å². The molecule has 1 aliphatic carbocycles. The monoisotopic (exact) mass is 339 g/mol. The maximum absolute atomic E-state index is 13.1. The van der Waals surface area contributed by atoms with Crippen LogP contribution >= 0.6 is 0 Å². The van der Waals surface area contributed by atoms with Crippen LogP contribution in [0.15, 0.2) is 23.5 Å². The fourth-order valence-corrected chi connectivity index (χ4v) is 3.11. The third kappa shape index (κ3) is 3.21. The summed E-state index contributed by atoms with van der Waals surface area (Å²) in [5.41, 5.74) is 1.12. The summed E-state index contributed by atoms with van der Waals surface area (Å²) in [7, 11) is -3.59. The second kappa shape index (κ2) is 5.92. The number of alkyl halides is 2. The minimum Gasteiger partial charge on any atom is -0.245 e. The highest BCUT2D eigenvalue weighted by molar-refractivity contribution is 7.90. The summed E-state index contributed by atoms with van der Waals surface area (Å²) in [5.74, 6) is 0. The standard InChI is InChI=1S/C15H15F2N3O2S/c1-23(21,22)15-18-8-10-7-11(14(16)17)19-12(13(10)20-15)9-5-3-2-4-6-9/h5,7-8,14H,2-4,6H2,1H3. The molecule has 0 unspecified atom stereocenters. The Balaban J connectivity index is 2.30. The molecule has 3 rings (SSSR count). The van der Waals surface area contributed by atoms with E-state index in [0.29, 0.717) is 23.0 Å². The first-order valence-electron chi connectivity index (χ1n) is 7.21. The summed E-state index contributed by atoms with van der Waals surface area (Å²) >= 11 is 0. The molecular weight excluding hydrogens is 324 g/mol. The summed E-state index contributed by atoms with van der Waals surface area (Å²) in [6.07, 6.45) is 5.07. The fourth-order valence-electron chi connectivity index (χ4n) is 2.61. The van der Waals surface area contributed by atoms with Crippen molar-refractivity contribution in [1.82, 2.24) is 15.0 Å². The number of halogens is 2. The second-order valence-corrected chi connectivity index (χ2v) is 7.44. The molecule has 0 aromatic carbocycles. The molecule has 0 saturated heterocycles. The van der Waals surface area contributed by atoms with Crippen molar-refractivity contribution in [3.05, 3.63) is 29.7 Å². The normalized spacial score (nSPS) is 15.9. The van der Waals surface area contributed by atoms with Crippen LogP contribution in [-0.2, 0) is 9.84 Å². The summed E-state index contributed by atoms with van der Waals surface area (Å²) in [4.78, 5) is 11.9. The molecule has 5 nitrogen and oxygen atoms in total. The fraction of sp³-hybridized carbons (Fsp3) is 0.400. The molecule has 0 N–H and O–H groups in total. The third-order valence-electron chi connectivity index (χ3n) is 3.71. The van der Waals surface area contributed by atoms with Gasteiger partial charge in [0.1, 0.15) is 11.2 Å². The van der Waals surface area contributed by atoms with Crippen LogP contribution in [0, 0.1) is 0 Å². The van der Waals surface area contributed by atoms with Crippen LogP contribution in [0.25, 0.3) is 16.5 Å². The zero-order valence-electron chi connectivity index (χ0n) is 12.5. The van der Waals surface area contributed by atoms with E-state index in [9.17, 15) is 17.2 Å². The zero-order valence-corrected chi connectivity index (χ0v) is 13.3. The summed E-state index contributed by atoms with van der Waals surface area (Å²) < 4.78 is 49.5. The van der Waals surface area contributed by atoms with Crippen molar-refractivity contribution in [1.29, 1.82) is 0 Å². The van der Waals surface area contributed by atoms with Crippen LogP contribution in [-0.4, -0.2) is 29.6 Å². The van der Waals surface area contributed by atoms with E-state index in [-0.39, 0.29) is 10.9 Å². The predicted octanol–water partition coefficient (Wildman–Crippen LogP) is 3.32. The number of hydrogen-bond acceptors (Lipinski definition) is 5. The molecule has 122 valence electrons. The number of hydrogen-bond donors (Lipinski definition) is 0. The molecule has 0 saturated carbocycles. The zero-order chi connectivity index (χ0) is 16.6. The Morgan fingerprint density at radius 3 is 2.61 bits per heavy atom. The number of aromatic nitrogens is 3. The van der Waals surface area contributed by atoms with Crippen LogP contribution < -0.4 is 0 Å². The van der Waals surface area contributed by atoms with Gasteiger partial charge in [0.25, 0.3) is 6.43 Å². The molecule has 0 radical (unpaired) electrons. The van der Waals surface area contributed by atoms with Crippen LogP contribution in [0.1, 0.15) is 43.5 Å². The molecule has 2 aromatic heterocycles. The van der Waals surface area contributed by atoms with Crippen molar-refractivity contribution in [3.8, 4) is 0 Å². The molecule has 2 aromatic rings. The van der Waals surface area contributed by atoms with Gasteiger partial charge in [0.2, 0.25) is 15.0 Å². The molecule has 0 atom stereocenters. The average Bonchev–Trinajstić information content (AvgIpc) is 2.53. The molecule has 0 amide bonds. The average molecular weight is 339 g/mol. The van der Waals surface area contributed by atoms with Crippen molar-refractivity contribution in [2.75, 3.05) is 6.26 Å². The largest absolute Gasteiger partial charge is 0.280 e. The van der Waals surface area contributed by atoms with E-state index in [1.165, 1.54) is 12.3 Å². The number of sulfone groups is 1. The Bertz CT molecular complexity index is 895. The third-order valence-corrected chi connectivity index (χ3v) is 4.57. The van der Waals surface area contributed by atoms with Gasteiger partial charge in [0.05, 0.1) is 5.69 Å². The van der Waals surface area contributed by atoms with E-state index in [2.05, 4.69) is 15.0 Å². The highest BCUT2D eigenvalue weighted by Gasteiger charge is 2.20. The number of allylic oxidation sites excluding steroid dienone is 2. The van der Waals surface area contributed by atoms with Crippen LogP contribution in [0.3, 0.4) is 0 Å². The van der Waals surface area contributed by atoms with E-state index in [1.54, 1.807) is 0 Å². The molecule has 8 heteroatoms. The highest BCUT2D eigenvalue weighted by Crippen LogP contribution is 2.32. The van der Waals surface area contributed by atoms with Gasteiger partial charge in [0, 0.05) is 17.8 Å². The van der Waals surface area contributed by atoms with E-state index in [1.807, 2.05) is 6.08 Å². The second-order valence-electron chi connectivity index (χ2n) is 5.53. The topological polar surface area (TPSA) is 72.8 Å². The van der Waals surface area contributed by atoms with Crippen molar-refractivity contribution in [2.45, 2.75) is 37.3 Å². The van der Waals surface area contributed by atoms with Gasteiger partial charge in [-0.1, -0.05) is 6.08 Å². The minimum atomic E-state index is -3.59. The molecule has 0 fully saturated rings. The molecule has 0 spiro atoms. The molecule has 1 aliphatic rings. The Labute approximate surface area is 132 Å². The summed E-state index contributed by atoms with van der Waals surface area (Å²) in [5, 5.41) is 0.0402. The lowest BCUT2D eigenvalue weighted by Gasteiger charge is -2.15. The highest BCUT2D eigenvalue weighted by atomic mass is 32.2. The Hall–Kier alpha value is -1.96. The van der Waals surface area contributed by atoms with E-state index >= 15 is 0 Å². The lowest BCUT2D eigenvalue weighted by Crippen LogP contribution is -2.07. The quantitative estimate of drug-likeness (QED) is 0.802. The van der Waals surface area contributed by atoms with Gasteiger partial charge in [-0.15, -0.1) is 0 Å². The van der Waals surface area contributed by atoms with Crippen molar-refractivity contribution in [2.24, 2.45) is 0 Å². The van der Waals surface area contributed by atoms with Gasteiger partial charge in [-0.2, -0.15) is 0 Å². The lowest BCUT2D eigenvalue weighted by molar-refractivity contribution is 0.146. The predicted molar refractivity (Wildman–Crippen MR) is 81.8 cm³/mol. The van der Waals surface area contributed by atoms with Gasteiger partial charge in [-0.25, -0.2) is 32.2 Å².